The van der Waals surface area contributed by atoms with Crippen LogP contribution in [0.25, 0.3) is 16.0 Å². The first-order valence-corrected chi connectivity index (χ1v) is 11.2. The Balaban J connectivity index is 1.83. The third-order valence-electron chi connectivity index (χ3n) is 4.36. The molecule has 2 aromatic heterocycles. The Hall–Kier alpha value is -3.24. The summed E-state index contributed by atoms with van der Waals surface area (Å²) in [6, 6.07) is 14.0. The Bertz CT molecular complexity index is 1380. The number of hydrogen-bond donors (Lipinski definition) is 1. The molecule has 0 aliphatic carbocycles. The molecule has 0 saturated heterocycles. The van der Waals surface area contributed by atoms with Gasteiger partial charge in [0.05, 0.1) is 5.69 Å². The predicted octanol–water partition coefficient (Wildman–Crippen LogP) is 3.50. The molecule has 158 valence electrons. The lowest BCUT2D eigenvalue weighted by atomic mass is 10.3. The van der Waals surface area contributed by atoms with Crippen molar-refractivity contribution in [2.75, 3.05) is 11.1 Å². The third-order valence-corrected chi connectivity index (χ3v) is 6.41. The molecule has 7 nitrogen and oxygen atoms in total. The highest BCUT2D eigenvalue weighted by Crippen LogP contribution is 2.27. The number of aromatic nitrogens is 3. The molecular formula is C21H17FN4O3S2. The normalized spacial score (nSPS) is 11.0. The second-order valence-electron chi connectivity index (χ2n) is 6.47. The highest BCUT2D eigenvalue weighted by molar-refractivity contribution is 8.01. The molecule has 31 heavy (non-hydrogen) atoms. The van der Waals surface area contributed by atoms with Crippen LogP contribution in [0, 0.1) is 5.82 Å². The Morgan fingerprint density at radius 3 is 2.65 bits per heavy atom. The number of nitrogens with zero attached hydrogens (tertiary/aromatic N) is 3. The van der Waals surface area contributed by atoms with E-state index in [0.717, 1.165) is 10.3 Å². The number of rotatable bonds is 6. The molecule has 1 N–H and O–H groups in total. The number of nitrogens with one attached hydrogen (secondary N) is 1. The summed E-state index contributed by atoms with van der Waals surface area (Å²) in [7, 11) is 0. The summed E-state index contributed by atoms with van der Waals surface area (Å²) in [6.07, 6.45) is 0. The summed E-state index contributed by atoms with van der Waals surface area (Å²) in [6.45, 7) is 1.58. The van der Waals surface area contributed by atoms with Crippen LogP contribution in [0.5, 0.6) is 0 Å². The van der Waals surface area contributed by atoms with Crippen LogP contribution < -0.4 is 16.6 Å². The molecule has 0 spiro atoms. The zero-order chi connectivity index (χ0) is 22.0. The maximum atomic E-state index is 13.4. The molecule has 0 fully saturated rings. The molecule has 10 heteroatoms. The number of thiazole rings is 1. The molecule has 4 rings (SSSR count). The number of thioether (sulfide) groups is 1. The molecule has 2 heterocycles. The maximum Gasteiger partial charge on any atom is 0.337 e. The van der Waals surface area contributed by atoms with Crippen molar-refractivity contribution in [3.63, 3.8) is 0 Å². The summed E-state index contributed by atoms with van der Waals surface area (Å²) in [5, 5.41) is 2.57. The fourth-order valence-electron chi connectivity index (χ4n) is 3.06. The molecule has 0 aliphatic heterocycles. The summed E-state index contributed by atoms with van der Waals surface area (Å²) in [5.74, 6) is -0.280. The minimum atomic E-state index is -0.670. The summed E-state index contributed by atoms with van der Waals surface area (Å²) in [5.41, 5.74) is -0.314. The fourth-order valence-corrected chi connectivity index (χ4v) is 5.03. The lowest BCUT2D eigenvalue weighted by molar-refractivity contribution is -0.116. The maximum absolute atomic E-state index is 13.4. The Morgan fingerprint density at radius 1 is 1.16 bits per heavy atom. The predicted molar refractivity (Wildman–Crippen MR) is 121 cm³/mol. The van der Waals surface area contributed by atoms with E-state index in [9.17, 15) is 18.8 Å². The van der Waals surface area contributed by atoms with Gasteiger partial charge in [-0.15, -0.1) is 11.3 Å². The summed E-state index contributed by atoms with van der Waals surface area (Å²) >= 11 is 2.64. The van der Waals surface area contributed by atoms with E-state index in [2.05, 4.69) is 10.3 Å². The van der Waals surface area contributed by atoms with Crippen LogP contribution in [0.1, 0.15) is 6.92 Å². The second kappa shape index (κ2) is 8.86. The van der Waals surface area contributed by atoms with Crippen LogP contribution in [0.15, 0.2) is 68.5 Å². The van der Waals surface area contributed by atoms with Crippen LogP contribution >= 0.6 is 23.1 Å². The van der Waals surface area contributed by atoms with E-state index in [-0.39, 0.29) is 22.6 Å². The first-order valence-electron chi connectivity index (χ1n) is 9.38. The van der Waals surface area contributed by atoms with E-state index in [1.54, 1.807) is 36.4 Å². The lowest BCUT2D eigenvalue weighted by Crippen LogP contribution is -2.40. The Kier molecular flexibility index (Phi) is 6.01. The van der Waals surface area contributed by atoms with Crippen molar-refractivity contribution in [3.05, 3.63) is 81.3 Å². The number of carbonyl (C=O) groups excluding carboxylic acids is 1. The zero-order valence-electron chi connectivity index (χ0n) is 16.4. The summed E-state index contributed by atoms with van der Waals surface area (Å²) < 4.78 is 16.6. The van der Waals surface area contributed by atoms with Crippen LogP contribution in [-0.2, 0) is 11.3 Å². The molecule has 0 saturated carbocycles. The SMILES string of the molecule is CCSc1nc2c(s1)c(=O)n(-c1ccccc1)c(=O)n2CC(=O)Nc1cccc(F)c1. The van der Waals surface area contributed by atoms with E-state index in [0.29, 0.717) is 10.0 Å². The highest BCUT2D eigenvalue weighted by atomic mass is 32.2. The van der Waals surface area contributed by atoms with Gasteiger partial charge in [0.15, 0.2) is 9.99 Å². The molecule has 0 radical (unpaired) electrons. The molecule has 0 unspecified atom stereocenters. The van der Waals surface area contributed by atoms with Gasteiger partial charge < -0.3 is 5.32 Å². The van der Waals surface area contributed by atoms with Crippen molar-refractivity contribution >= 4 is 45.0 Å². The van der Waals surface area contributed by atoms with Crippen molar-refractivity contribution in [2.45, 2.75) is 17.8 Å². The number of anilines is 1. The molecule has 4 aromatic rings. The minimum Gasteiger partial charge on any atom is -0.324 e. The first-order chi connectivity index (χ1) is 15.0. The molecule has 0 atom stereocenters. The largest absolute Gasteiger partial charge is 0.337 e. The number of benzene rings is 2. The molecule has 0 aliphatic rings. The van der Waals surface area contributed by atoms with E-state index in [4.69, 9.17) is 0 Å². The lowest BCUT2D eigenvalue weighted by Gasteiger charge is -2.11. The average Bonchev–Trinajstić information content (AvgIpc) is 3.16. The monoisotopic (exact) mass is 456 g/mol. The van der Waals surface area contributed by atoms with Crippen molar-refractivity contribution < 1.29 is 9.18 Å². The van der Waals surface area contributed by atoms with E-state index < -0.39 is 23.0 Å². The van der Waals surface area contributed by atoms with Crippen molar-refractivity contribution in [1.29, 1.82) is 0 Å². The number of halogens is 1. The number of carbonyl (C=O) groups is 1. The smallest absolute Gasteiger partial charge is 0.324 e. The Morgan fingerprint density at radius 2 is 1.94 bits per heavy atom. The van der Waals surface area contributed by atoms with Crippen molar-refractivity contribution in [2.24, 2.45) is 0 Å². The number of para-hydroxylation sites is 1. The van der Waals surface area contributed by atoms with Gasteiger partial charge in [-0.05, 0) is 36.1 Å². The number of amides is 1. The van der Waals surface area contributed by atoms with Gasteiger partial charge in [0.2, 0.25) is 5.91 Å². The van der Waals surface area contributed by atoms with Gasteiger partial charge in [0.1, 0.15) is 17.1 Å². The van der Waals surface area contributed by atoms with E-state index in [1.165, 1.54) is 45.9 Å². The highest BCUT2D eigenvalue weighted by Gasteiger charge is 2.20. The van der Waals surface area contributed by atoms with E-state index >= 15 is 0 Å². The van der Waals surface area contributed by atoms with Gasteiger partial charge in [-0.2, -0.15) is 0 Å². The summed E-state index contributed by atoms with van der Waals surface area (Å²) in [4.78, 5) is 43.4. The molecular weight excluding hydrogens is 439 g/mol. The van der Waals surface area contributed by atoms with Crippen molar-refractivity contribution in [1.82, 2.24) is 14.1 Å². The van der Waals surface area contributed by atoms with Gasteiger partial charge >= 0.3 is 5.69 Å². The van der Waals surface area contributed by atoms with Crippen molar-refractivity contribution in [3.8, 4) is 5.69 Å². The van der Waals surface area contributed by atoms with Gasteiger partial charge in [-0.25, -0.2) is 18.7 Å². The number of hydrogen-bond acceptors (Lipinski definition) is 6. The van der Waals surface area contributed by atoms with Gasteiger partial charge in [-0.1, -0.05) is 43.0 Å². The fraction of sp³-hybridized carbons (Fsp3) is 0.143. The van der Waals surface area contributed by atoms with Gasteiger partial charge in [-0.3, -0.25) is 14.2 Å². The molecule has 0 bridgehead atoms. The topological polar surface area (TPSA) is 86.0 Å². The van der Waals surface area contributed by atoms with Crippen LogP contribution in [0.4, 0.5) is 10.1 Å². The number of fused-ring (bicyclic) bond motifs is 1. The first kappa shape index (κ1) is 21.0. The van der Waals surface area contributed by atoms with E-state index in [1.807, 2.05) is 6.92 Å². The van der Waals surface area contributed by atoms with Crippen LogP contribution in [-0.4, -0.2) is 25.8 Å². The third kappa shape index (κ3) is 4.30. The van der Waals surface area contributed by atoms with Crippen LogP contribution in [0.2, 0.25) is 0 Å². The average molecular weight is 457 g/mol. The van der Waals surface area contributed by atoms with Crippen LogP contribution in [0.3, 0.4) is 0 Å². The quantitative estimate of drug-likeness (QED) is 0.449. The van der Waals surface area contributed by atoms with Gasteiger partial charge in [0.25, 0.3) is 5.56 Å². The second-order valence-corrected chi connectivity index (χ2v) is 8.98. The minimum absolute atomic E-state index is 0.164. The standard InChI is InChI=1S/C21H17FN4O3S2/c1-2-30-20-24-18-17(31-20)19(28)26(15-9-4-3-5-10-15)21(29)25(18)12-16(27)23-14-8-6-7-13(22)11-14/h3-11H,2,12H2,1H3,(H,23,27). The Labute approximate surface area is 184 Å². The molecule has 2 aromatic carbocycles. The zero-order valence-corrected chi connectivity index (χ0v) is 18.0. The van der Waals surface area contributed by atoms with Gasteiger partial charge in [0, 0.05) is 5.69 Å². The molecule has 1 amide bonds.